The third kappa shape index (κ3) is 49.0. The summed E-state index contributed by atoms with van der Waals surface area (Å²) in [5.41, 5.74) is 7.62. The molecule has 0 aromatic carbocycles. The molecular weight excluding hydrogens is 611 g/mol. The van der Waals surface area contributed by atoms with Crippen molar-refractivity contribution < 1.29 is 108 Å². The number of unbranched alkanes of at least 4 members (excludes halogenated alkanes) is 5. The molecule has 0 unspecified atom stereocenters. The Kier molecular flexibility index (Phi) is 42.4. The Morgan fingerprint density at radius 1 is 0.410 bits per heavy atom. The summed E-state index contributed by atoms with van der Waals surface area (Å²) in [6.07, 6.45) is 8.17. The van der Waals surface area contributed by atoms with Gasteiger partial charge in [0.1, 0.15) is 0 Å². The standard InChI is InChI=1S/C8H20N2.2C6H9NO6.2H2O.Zr/c9-7-5-3-1-2-4-6-8-10;2*8-4(9)1-7(2-5(10)11)3-6(12)13;;;/h1-10H2;2*1-3H2,(H,8,9)(H,10,11)(H,12,13);2*1H2;/q;;;;;+4/p-4. The van der Waals surface area contributed by atoms with Crippen LogP contribution in [0.4, 0.5) is 0 Å². The van der Waals surface area contributed by atoms with Crippen LogP contribution < -0.4 is 42.1 Å². The Bertz CT molecular complexity index is 553. The predicted octanol–water partition coefficient (Wildman–Crippen LogP) is -12.8. The molecule has 0 spiro atoms. The summed E-state index contributed by atoms with van der Waals surface area (Å²) < 4.78 is 0. The fraction of sp³-hybridized carbons (Fsp3) is 0.700. The summed E-state index contributed by atoms with van der Waals surface area (Å²) >= 11 is 0. The maximum atomic E-state index is 9.99. The molecule has 226 valence electrons. The monoisotopic (exact) mass is 648 g/mol. The van der Waals surface area contributed by atoms with Crippen LogP contribution in [0.2, 0.25) is 0 Å². The van der Waals surface area contributed by atoms with Gasteiger partial charge in [0.15, 0.2) is 0 Å². The minimum absolute atomic E-state index is 0. The van der Waals surface area contributed by atoms with Gasteiger partial charge in [-0.15, -0.1) is 0 Å². The average Bonchev–Trinajstić information content (AvgIpc) is 2.68. The van der Waals surface area contributed by atoms with Gasteiger partial charge in [-0.2, -0.15) is 0 Å². The number of carbonyl (C=O) groups excluding carboxylic acids is 6. The number of rotatable bonds is 19. The number of quaternary nitrogens is 2. The van der Waals surface area contributed by atoms with E-state index in [4.69, 9.17) is 0 Å². The van der Waals surface area contributed by atoms with Crippen molar-refractivity contribution in [2.75, 3.05) is 52.4 Å². The van der Waals surface area contributed by atoms with Crippen LogP contribution in [0.5, 0.6) is 0 Å². The quantitative estimate of drug-likeness (QED) is 0.123. The van der Waals surface area contributed by atoms with Gasteiger partial charge in [-0.1, -0.05) is 12.8 Å². The summed E-state index contributed by atoms with van der Waals surface area (Å²) in [5.74, 6) is -9.40. The Hall–Kier alpha value is -2.54. The molecule has 0 saturated heterocycles. The number of carboxylic acids is 6. The molecule has 0 aliphatic heterocycles. The third-order valence-electron chi connectivity index (χ3n) is 3.87. The van der Waals surface area contributed by atoms with E-state index in [0.29, 0.717) is 9.80 Å². The molecule has 0 fully saturated rings. The molecular formula is C20H38N4O14Zr. The molecule has 0 bridgehead atoms. The Labute approximate surface area is 244 Å². The number of nitrogens with zero attached hydrogens (tertiary/aromatic N) is 2. The largest absolute Gasteiger partial charge is 4.00 e. The molecule has 0 heterocycles. The van der Waals surface area contributed by atoms with Gasteiger partial charge in [0, 0.05) is 39.3 Å². The summed E-state index contributed by atoms with van der Waals surface area (Å²) in [4.78, 5) is 61.2. The average molecular weight is 650 g/mol. The van der Waals surface area contributed by atoms with Gasteiger partial charge in [0.25, 0.3) is 0 Å². The van der Waals surface area contributed by atoms with Crippen LogP contribution in [0.1, 0.15) is 38.5 Å². The number of carbonyl (C=O) groups is 6. The number of carboxylic acid groups (broad SMARTS) is 6. The summed E-state index contributed by atoms with van der Waals surface area (Å²) in [5, 5.41) is 60.0. The van der Waals surface area contributed by atoms with E-state index in [0.717, 1.165) is 13.1 Å². The molecule has 19 heteroatoms. The normalized spacial score (nSPS) is 9.23. The second-order valence-corrected chi connectivity index (χ2v) is 7.35. The Balaban J connectivity index is -0.000000102. The molecule has 18 nitrogen and oxygen atoms in total. The summed E-state index contributed by atoms with van der Waals surface area (Å²) in [6.45, 7) is -2.53. The first-order valence-electron chi connectivity index (χ1n) is 11.0. The molecule has 0 saturated carbocycles. The molecule has 0 radical (unpaired) electrons. The van der Waals surface area contributed by atoms with Crippen molar-refractivity contribution >= 4 is 35.8 Å². The van der Waals surface area contributed by atoms with E-state index < -0.39 is 75.1 Å². The van der Waals surface area contributed by atoms with Crippen LogP contribution in [0.3, 0.4) is 0 Å². The van der Waals surface area contributed by atoms with Crippen LogP contribution >= 0.6 is 0 Å². The van der Waals surface area contributed by atoms with Gasteiger partial charge in [-0.25, -0.2) is 0 Å². The number of hydrogen-bond donors (Lipinski definition) is 2. The molecule has 10 N–H and O–H groups in total. The van der Waals surface area contributed by atoms with Crippen molar-refractivity contribution in [2.24, 2.45) is 0 Å². The zero-order valence-corrected chi connectivity index (χ0v) is 24.1. The van der Waals surface area contributed by atoms with Crippen LogP contribution in [-0.2, 0) is 55.0 Å². The van der Waals surface area contributed by atoms with Gasteiger partial charge in [-0.05, 0) is 25.7 Å². The molecule has 0 atom stereocenters. The minimum atomic E-state index is -1.57. The summed E-state index contributed by atoms with van der Waals surface area (Å²) in [6, 6.07) is 0. The number of hydrogen-bond acceptors (Lipinski definition) is 14. The Morgan fingerprint density at radius 3 is 0.692 bits per heavy atom. The SMILES string of the molecule is O.O.O=C([O-])CN(CC(=O)[O-])CC(=O)[O-].O=C([O-])CN(CC(=O)[O-])CC(=O)[O-].[NH3+]CCCCCCCC[NH3+].[Zr+4]. The van der Waals surface area contributed by atoms with Crippen molar-refractivity contribution in [3.63, 3.8) is 0 Å². The zero-order valence-electron chi connectivity index (χ0n) is 21.6. The van der Waals surface area contributed by atoms with Crippen LogP contribution in [0.25, 0.3) is 0 Å². The van der Waals surface area contributed by atoms with E-state index in [1.165, 1.54) is 38.5 Å². The molecule has 0 rings (SSSR count). The first kappa shape index (κ1) is 49.4. The van der Waals surface area contributed by atoms with E-state index in [-0.39, 0.29) is 37.2 Å². The molecule has 0 amide bonds. The molecule has 39 heavy (non-hydrogen) atoms. The molecule has 0 aromatic heterocycles. The van der Waals surface area contributed by atoms with E-state index >= 15 is 0 Å². The Morgan fingerprint density at radius 2 is 0.564 bits per heavy atom. The van der Waals surface area contributed by atoms with Crippen molar-refractivity contribution in [2.45, 2.75) is 38.5 Å². The van der Waals surface area contributed by atoms with Crippen LogP contribution in [0, 0.1) is 0 Å². The van der Waals surface area contributed by atoms with Crippen molar-refractivity contribution in [1.82, 2.24) is 9.80 Å². The first-order chi connectivity index (χ1) is 16.7. The zero-order chi connectivity index (χ0) is 28.5. The fourth-order valence-corrected chi connectivity index (χ4v) is 2.49. The van der Waals surface area contributed by atoms with E-state index in [2.05, 4.69) is 11.5 Å². The van der Waals surface area contributed by atoms with Crippen molar-refractivity contribution in [3.8, 4) is 0 Å². The molecule has 0 aromatic rings. The molecule has 0 aliphatic rings. The van der Waals surface area contributed by atoms with E-state index in [1.54, 1.807) is 0 Å². The van der Waals surface area contributed by atoms with E-state index in [1.807, 2.05) is 0 Å². The predicted molar refractivity (Wildman–Crippen MR) is 113 cm³/mol. The van der Waals surface area contributed by atoms with Crippen LogP contribution in [0.15, 0.2) is 0 Å². The van der Waals surface area contributed by atoms with Gasteiger partial charge in [0.05, 0.1) is 48.9 Å². The third-order valence-corrected chi connectivity index (χ3v) is 3.87. The summed E-state index contributed by atoms with van der Waals surface area (Å²) in [7, 11) is 0. The van der Waals surface area contributed by atoms with Gasteiger partial charge >= 0.3 is 26.2 Å². The molecule has 0 aliphatic carbocycles. The van der Waals surface area contributed by atoms with Gasteiger partial charge in [0.2, 0.25) is 0 Å². The fourth-order valence-electron chi connectivity index (χ4n) is 2.49. The first-order valence-corrected chi connectivity index (χ1v) is 11.0. The maximum absolute atomic E-state index is 9.99. The van der Waals surface area contributed by atoms with Crippen LogP contribution in [-0.4, -0.2) is 109 Å². The van der Waals surface area contributed by atoms with E-state index in [9.17, 15) is 59.4 Å². The number of aliphatic carboxylic acids is 6. The van der Waals surface area contributed by atoms with Crippen molar-refractivity contribution in [1.29, 1.82) is 0 Å². The van der Waals surface area contributed by atoms with Gasteiger partial charge in [-0.3, -0.25) is 9.80 Å². The van der Waals surface area contributed by atoms with Gasteiger partial charge < -0.3 is 81.8 Å². The van der Waals surface area contributed by atoms with Crippen molar-refractivity contribution in [3.05, 3.63) is 0 Å². The topological polar surface area (TPSA) is 366 Å². The minimum Gasteiger partial charge on any atom is -0.549 e. The smallest absolute Gasteiger partial charge is 0.549 e. The second-order valence-electron chi connectivity index (χ2n) is 7.35. The second kappa shape index (κ2) is 33.5. The maximum Gasteiger partial charge on any atom is 4.00 e.